The molecule has 1 spiro atoms. The molecule has 2 aromatic carbocycles. The van der Waals surface area contributed by atoms with E-state index in [2.05, 4.69) is 77.3 Å². The van der Waals surface area contributed by atoms with Gasteiger partial charge in [0.05, 0.1) is 11.0 Å². The third-order valence-corrected chi connectivity index (χ3v) is 10.0. The lowest BCUT2D eigenvalue weighted by atomic mass is 9.63. The number of hydrogen-bond acceptors (Lipinski definition) is 3. The first-order valence-corrected chi connectivity index (χ1v) is 13.1. The molecule has 6 atom stereocenters. The Morgan fingerprint density at radius 2 is 1.91 bits per heavy atom. The van der Waals surface area contributed by atoms with Crippen molar-refractivity contribution in [2.45, 2.75) is 74.9 Å². The zero-order valence-corrected chi connectivity index (χ0v) is 20.1. The molecule has 7 rings (SSSR count). The zero-order chi connectivity index (χ0) is 22.2. The molecule has 33 heavy (non-hydrogen) atoms. The van der Waals surface area contributed by atoms with Crippen molar-refractivity contribution in [3.05, 3.63) is 65.5 Å². The summed E-state index contributed by atoms with van der Waals surface area (Å²) in [6.07, 6.45) is 9.29. The number of rotatable bonds is 6. The molecule has 1 N–H and O–H groups in total. The SMILES string of the molecule is CNCC1(CCN2[C@H]3C[C@H](n4c(C)nc5ccccc54)C[C@@H]4CCC432)CCc2ccccc21. The van der Waals surface area contributed by atoms with Crippen LogP contribution in [0.3, 0.4) is 0 Å². The minimum Gasteiger partial charge on any atom is -0.325 e. The summed E-state index contributed by atoms with van der Waals surface area (Å²) in [6.45, 7) is 4.56. The standard InChI is InChI=1S/C29H36N4/c1-20-31-25-9-5-6-10-26(25)33(20)23-17-22-12-14-29(22)27(18-23)32(29)16-15-28(19-30-2)13-11-21-7-3-4-8-24(21)28/h3-10,22-23,27,30H,11-19H2,1-2H3/t22-,23+,27-,28?,29?,32?/m0/s1. The largest absolute Gasteiger partial charge is 0.325 e. The van der Waals surface area contributed by atoms with Crippen LogP contribution >= 0.6 is 0 Å². The molecule has 1 aromatic heterocycles. The number of nitrogens with zero attached hydrogens (tertiary/aromatic N) is 3. The van der Waals surface area contributed by atoms with Gasteiger partial charge in [0.2, 0.25) is 0 Å². The Kier molecular flexibility index (Phi) is 4.39. The first-order valence-electron chi connectivity index (χ1n) is 13.1. The molecular weight excluding hydrogens is 404 g/mol. The quantitative estimate of drug-likeness (QED) is 0.547. The Hall–Kier alpha value is -2.17. The summed E-state index contributed by atoms with van der Waals surface area (Å²) in [4.78, 5) is 7.83. The third kappa shape index (κ3) is 2.74. The minimum absolute atomic E-state index is 0.309. The highest BCUT2D eigenvalue weighted by Crippen LogP contribution is 2.66. The van der Waals surface area contributed by atoms with Crippen molar-refractivity contribution in [1.29, 1.82) is 0 Å². The van der Waals surface area contributed by atoms with Gasteiger partial charge in [0, 0.05) is 36.1 Å². The molecule has 0 bridgehead atoms. The molecule has 3 aliphatic carbocycles. The summed E-state index contributed by atoms with van der Waals surface area (Å²) in [5, 5.41) is 3.55. The molecule has 172 valence electrons. The van der Waals surface area contributed by atoms with Crippen molar-refractivity contribution in [1.82, 2.24) is 19.8 Å². The molecule has 1 aliphatic heterocycles. The summed E-state index contributed by atoms with van der Waals surface area (Å²) in [6, 6.07) is 19.3. The van der Waals surface area contributed by atoms with Crippen LogP contribution in [0.4, 0.5) is 0 Å². The molecule has 2 saturated carbocycles. The average Bonchev–Trinajstić information content (AvgIpc) is 3.17. The number of likely N-dealkylation sites (tertiary alicyclic amines) is 1. The van der Waals surface area contributed by atoms with Gasteiger partial charge in [-0.3, -0.25) is 4.90 Å². The van der Waals surface area contributed by atoms with Crippen molar-refractivity contribution < 1.29 is 0 Å². The predicted molar refractivity (Wildman–Crippen MR) is 134 cm³/mol. The molecule has 4 aliphatic rings. The maximum absolute atomic E-state index is 4.89. The van der Waals surface area contributed by atoms with Crippen LogP contribution in [-0.4, -0.2) is 46.2 Å². The molecule has 1 saturated heterocycles. The Morgan fingerprint density at radius 3 is 2.76 bits per heavy atom. The van der Waals surface area contributed by atoms with E-state index in [-0.39, 0.29) is 0 Å². The van der Waals surface area contributed by atoms with Gasteiger partial charge in [-0.05, 0) is 88.1 Å². The molecule has 3 fully saturated rings. The van der Waals surface area contributed by atoms with Crippen molar-refractivity contribution in [2.24, 2.45) is 5.92 Å². The highest BCUT2D eigenvalue weighted by atomic mass is 15.4. The van der Waals surface area contributed by atoms with Crippen LogP contribution < -0.4 is 5.32 Å². The number of imidazole rings is 1. The average molecular weight is 441 g/mol. The van der Waals surface area contributed by atoms with Crippen LogP contribution in [-0.2, 0) is 11.8 Å². The maximum atomic E-state index is 4.89. The normalized spacial score (nSPS) is 36.2. The van der Waals surface area contributed by atoms with Crippen LogP contribution in [0.25, 0.3) is 11.0 Å². The molecule has 0 amide bonds. The van der Waals surface area contributed by atoms with Crippen molar-refractivity contribution in [3.8, 4) is 0 Å². The first kappa shape index (κ1) is 20.2. The molecule has 2 heterocycles. The van der Waals surface area contributed by atoms with Gasteiger partial charge < -0.3 is 9.88 Å². The highest BCUT2D eigenvalue weighted by Gasteiger charge is 2.72. The first-order chi connectivity index (χ1) is 16.2. The van der Waals surface area contributed by atoms with Gasteiger partial charge in [-0.1, -0.05) is 36.4 Å². The van der Waals surface area contributed by atoms with Crippen LogP contribution in [0.1, 0.15) is 61.5 Å². The number of para-hydroxylation sites is 2. The lowest BCUT2D eigenvalue weighted by Gasteiger charge is -2.44. The zero-order valence-electron chi connectivity index (χ0n) is 20.1. The number of benzene rings is 2. The fourth-order valence-corrected chi connectivity index (χ4v) is 8.44. The number of aromatic nitrogens is 2. The summed E-state index contributed by atoms with van der Waals surface area (Å²) in [5.41, 5.74) is 6.53. The number of aryl methyl sites for hydroxylation is 2. The van der Waals surface area contributed by atoms with E-state index in [4.69, 9.17) is 4.98 Å². The van der Waals surface area contributed by atoms with E-state index in [0.29, 0.717) is 17.0 Å². The summed E-state index contributed by atoms with van der Waals surface area (Å²) in [5.74, 6) is 2.06. The fraction of sp³-hybridized carbons (Fsp3) is 0.552. The van der Waals surface area contributed by atoms with Crippen LogP contribution in [0, 0.1) is 12.8 Å². The van der Waals surface area contributed by atoms with E-state index in [9.17, 15) is 0 Å². The van der Waals surface area contributed by atoms with E-state index in [1.165, 1.54) is 62.8 Å². The summed E-state index contributed by atoms with van der Waals surface area (Å²) in [7, 11) is 2.13. The van der Waals surface area contributed by atoms with Gasteiger partial charge in [-0.2, -0.15) is 0 Å². The summed E-state index contributed by atoms with van der Waals surface area (Å²) >= 11 is 0. The minimum atomic E-state index is 0.309. The second-order valence-electron chi connectivity index (χ2n) is 11.3. The molecule has 4 nitrogen and oxygen atoms in total. The van der Waals surface area contributed by atoms with E-state index in [1.54, 1.807) is 11.1 Å². The van der Waals surface area contributed by atoms with Gasteiger partial charge in [-0.25, -0.2) is 4.98 Å². The number of nitrogens with one attached hydrogen (secondary N) is 1. The van der Waals surface area contributed by atoms with E-state index in [0.717, 1.165) is 24.0 Å². The van der Waals surface area contributed by atoms with Crippen LogP contribution in [0.15, 0.2) is 48.5 Å². The molecule has 4 heteroatoms. The van der Waals surface area contributed by atoms with E-state index in [1.807, 2.05) is 0 Å². The van der Waals surface area contributed by atoms with Gasteiger partial charge in [-0.15, -0.1) is 0 Å². The molecule has 0 radical (unpaired) electrons. The summed E-state index contributed by atoms with van der Waals surface area (Å²) < 4.78 is 2.57. The van der Waals surface area contributed by atoms with Crippen molar-refractivity contribution in [3.63, 3.8) is 0 Å². The third-order valence-electron chi connectivity index (χ3n) is 10.0. The lowest BCUT2D eigenvalue weighted by molar-refractivity contribution is 0.112. The van der Waals surface area contributed by atoms with Gasteiger partial charge in [0.1, 0.15) is 5.82 Å². The predicted octanol–water partition coefficient (Wildman–Crippen LogP) is 5.01. The Balaban J connectivity index is 1.13. The number of hydrogen-bond donors (Lipinski definition) is 1. The fourth-order valence-electron chi connectivity index (χ4n) is 8.44. The maximum Gasteiger partial charge on any atom is 0.106 e. The second-order valence-corrected chi connectivity index (χ2v) is 11.3. The smallest absolute Gasteiger partial charge is 0.106 e. The highest BCUT2D eigenvalue weighted by molar-refractivity contribution is 5.76. The molecule has 3 aromatic rings. The van der Waals surface area contributed by atoms with Crippen molar-refractivity contribution >= 4 is 11.0 Å². The van der Waals surface area contributed by atoms with E-state index >= 15 is 0 Å². The Bertz CT molecular complexity index is 1210. The lowest BCUT2D eigenvalue weighted by Crippen LogP contribution is -2.45. The monoisotopic (exact) mass is 440 g/mol. The van der Waals surface area contributed by atoms with Gasteiger partial charge >= 0.3 is 0 Å². The van der Waals surface area contributed by atoms with Gasteiger partial charge in [0.15, 0.2) is 0 Å². The number of likely N-dealkylation sites (N-methyl/N-ethyl adjacent to an activating group) is 1. The Labute approximate surface area is 197 Å². The van der Waals surface area contributed by atoms with E-state index < -0.39 is 0 Å². The van der Waals surface area contributed by atoms with Crippen LogP contribution in [0.2, 0.25) is 0 Å². The topological polar surface area (TPSA) is 32.9 Å². The van der Waals surface area contributed by atoms with Gasteiger partial charge in [0.25, 0.3) is 0 Å². The number of fused-ring (bicyclic) bond motifs is 2. The Morgan fingerprint density at radius 1 is 1.06 bits per heavy atom. The molecular formula is C29H36N4. The van der Waals surface area contributed by atoms with Crippen molar-refractivity contribution in [2.75, 3.05) is 20.1 Å². The van der Waals surface area contributed by atoms with Crippen LogP contribution in [0.5, 0.6) is 0 Å². The molecule has 3 unspecified atom stereocenters. The second kappa shape index (κ2) is 7.16.